The van der Waals surface area contributed by atoms with Crippen LogP contribution < -0.4 is 0 Å². The molecule has 0 saturated heterocycles. The second-order valence-corrected chi connectivity index (χ2v) is 7.70. The average Bonchev–Trinajstić information content (AvgIpc) is 2.59. The minimum atomic E-state index is 0. The molecule has 145 valence electrons. The first kappa shape index (κ1) is 27.9. The maximum atomic E-state index is 11.9. The van der Waals surface area contributed by atoms with Gasteiger partial charge in [-0.2, -0.15) is 0 Å². The van der Waals surface area contributed by atoms with Crippen LogP contribution in [0.3, 0.4) is 0 Å². The van der Waals surface area contributed by atoms with Crippen molar-refractivity contribution in [3.63, 3.8) is 0 Å². The molecule has 0 atom stereocenters. The molecule has 1 nitrogen and oxygen atoms in total. The van der Waals surface area contributed by atoms with Gasteiger partial charge in [-0.05, 0) is 12.8 Å². The van der Waals surface area contributed by atoms with Crippen molar-refractivity contribution in [3.05, 3.63) is 0 Å². The Hall–Kier alpha value is 0.670. The van der Waals surface area contributed by atoms with E-state index >= 15 is 0 Å². The summed E-state index contributed by atoms with van der Waals surface area (Å²) in [7, 11) is 0. The van der Waals surface area contributed by atoms with E-state index in [0.717, 1.165) is 25.7 Å². The Bertz CT molecular complexity index is 228. The van der Waals surface area contributed by atoms with E-state index in [1.165, 1.54) is 103 Å². The summed E-state index contributed by atoms with van der Waals surface area (Å²) >= 11 is 0. The van der Waals surface area contributed by atoms with Crippen LogP contribution in [0, 0.1) is 0 Å². The van der Waals surface area contributed by atoms with Crippen LogP contribution in [-0.2, 0) is 4.79 Å². The number of rotatable bonds is 20. The van der Waals surface area contributed by atoms with Gasteiger partial charge in [-0.3, -0.25) is 4.79 Å². The molecule has 0 bridgehead atoms. The molecule has 0 rings (SSSR count). The van der Waals surface area contributed by atoms with Crippen LogP contribution in [-0.4, -0.2) is 35.3 Å². The summed E-state index contributed by atoms with van der Waals surface area (Å²) in [5.41, 5.74) is 0. The molecule has 0 N–H and O–H groups in total. The normalized spacial score (nSPS) is 10.6. The maximum absolute atomic E-state index is 11.9. The van der Waals surface area contributed by atoms with Gasteiger partial charge in [-0.25, -0.2) is 0 Å². The molecule has 2 heteroatoms. The molecule has 0 fully saturated rings. The summed E-state index contributed by atoms with van der Waals surface area (Å²) in [5.74, 6) is 0.515. The van der Waals surface area contributed by atoms with Gasteiger partial charge in [0.1, 0.15) is 5.78 Å². The molecule has 0 amide bonds. The third-order valence-electron chi connectivity index (χ3n) is 5.12. The van der Waals surface area contributed by atoms with Crippen LogP contribution in [0.1, 0.15) is 142 Å². The number of Topliss-reactive ketones (excluding diaryl/α,β-unsaturated/α-hetero) is 1. The number of carbonyl (C=O) groups excluding carboxylic acids is 1. The van der Waals surface area contributed by atoms with Gasteiger partial charge in [0.05, 0.1) is 0 Å². The van der Waals surface area contributed by atoms with Crippen LogP contribution >= 0.6 is 0 Å². The minimum absolute atomic E-state index is 0. The zero-order valence-electron chi connectivity index (χ0n) is 18.1. The standard InChI is InChI=1S/C23H46O.Na/c1-3-5-7-9-11-13-15-17-19-21-23(24)22-20-18-16-14-12-10-8-6-4-2;/h3-22H2,1-2H3;. The van der Waals surface area contributed by atoms with Crippen LogP contribution in [0.15, 0.2) is 0 Å². The Morgan fingerprint density at radius 3 is 0.960 bits per heavy atom. The van der Waals surface area contributed by atoms with Crippen molar-refractivity contribution in [2.75, 3.05) is 0 Å². The van der Waals surface area contributed by atoms with E-state index in [-0.39, 0.29) is 29.6 Å². The third kappa shape index (κ3) is 24.7. The summed E-state index contributed by atoms with van der Waals surface area (Å²) < 4.78 is 0. The molecule has 0 aromatic heterocycles. The summed E-state index contributed by atoms with van der Waals surface area (Å²) in [6, 6.07) is 0. The molecule has 0 aromatic rings. The monoisotopic (exact) mass is 361 g/mol. The van der Waals surface area contributed by atoms with Crippen LogP contribution in [0.2, 0.25) is 0 Å². The van der Waals surface area contributed by atoms with Gasteiger partial charge in [0.15, 0.2) is 0 Å². The van der Waals surface area contributed by atoms with E-state index in [0.29, 0.717) is 5.78 Å². The van der Waals surface area contributed by atoms with Gasteiger partial charge < -0.3 is 0 Å². The Morgan fingerprint density at radius 1 is 0.440 bits per heavy atom. The first-order chi connectivity index (χ1) is 11.8. The van der Waals surface area contributed by atoms with Crippen LogP contribution in [0.25, 0.3) is 0 Å². The first-order valence-corrected chi connectivity index (χ1v) is 11.3. The number of hydrogen-bond donors (Lipinski definition) is 0. The Kier molecular flexibility index (Phi) is 27.5. The van der Waals surface area contributed by atoms with Gasteiger partial charge in [0.25, 0.3) is 0 Å². The summed E-state index contributed by atoms with van der Waals surface area (Å²) in [4.78, 5) is 11.9. The van der Waals surface area contributed by atoms with E-state index in [4.69, 9.17) is 0 Å². The summed E-state index contributed by atoms with van der Waals surface area (Å²) in [5, 5.41) is 0. The number of carbonyl (C=O) groups is 1. The molecule has 0 aromatic carbocycles. The molecular weight excluding hydrogens is 315 g/mol. The largest absolute Gasteiger partial charge is 0.300 e. The van der Waals surface area contributed by atoms with Crippen molar-refractivity contribution in [1.82, 2.24) is 0 Å². The van der Waals surface area contributed by atoms with Crippen molar-refractivity contribution in [1.29, 1.82) is 0 Å². The second-order valence-electron chi connectivity index (χ2n) is 7.70. The van der Waals surface area contributed by atoms with Gasteiger partial charge in [0.2, 0.25) is 0 Å². The van der Waals surface area contributed by atoms with E-state index < -0.39 is 0 Å². The van der Waals surface area contributed by atoms with E-state index in [2.05, 4.69) is 13.8 Å². The molecular formula is C23H46NaO. The zero-order chi connectivity index (χ0) is 17.7. The van der Waals surface area contributed by atoms with Crippen molar-refractivity contribution in [3.8, 4) is 0 Å². The fourth-order valence-corrected chi connectivity index (χ4v) is 3.39. The SMILES string of the molecule is CCCCCCCCCCCC(=O)CCCCCCCCCCC.[Na]. The second kappa shape index (κ2) is 24.7. The molecule has 0 aliphatic rings. The van der Waals surface area contributed by atoms with Crippen molar-refractivity contribution in [2.45, 2.75) is 142 Å². The fourth-order valence-electron chi connectivity index (χ4n) is 3.39. The molecule has 1 radical (unpaired) electrons. The zero-order valence-corrected chi connectivity index (χ0v) is 20.1. The molecule has 0 heterocycles. The first-order valence-electron chi connectivity index (χ1n) is 11.3. The van der Waals surface area contributed by atoms with Gasteiger partial charge in [-0.1, -0.05) is 117 Å². The topological polar surface area (TPSA) is 17.1 Å². The molecule has 25 heavy (non-hydrogen) atoms. The van der Waals surface area contributed by atoms with Crippen molar-refractivity contribution < 1.29 is 4.79 Å². The number of unbranched alkanes of at least 4 members (excludes halogenated alkanes) is 16. The van der Waals surface area contributed by atoms with Gasteiger partial charge in [0, 0.05) is 42.4 Å². The smallest absolute Gasteiger partial charge is 0.132 e. The molecule has 0 aliphatic carbocycles. The van der Waals surface area contributed by atoms with Gasteiger partial charge >= 0.3 is 0 Å². The van der Waals surface area contributed by atoms with Crippen molar-refractivity contribution in [2.24, 2.45) is 0 Å². The van der Waals surface area contributed by atoms with Gasteiger partial charge in [-0.15, -0.1) is 0 Å². The predicted octanol–water partition coefficient (Wildman–Crippen LogP) is 8.02. The Balaban J connectivity index is 0. The Labute approximate surface area is 181 Å². The predicted molar refractivity (Wildman–Crippen MR) is 114 cm³/mol. The molecule has 0 unspecified atom stereocenters. The quantitative estimate of drug-likeness (QED) is 0.158. The fraction of sp³-hybridized carbons (Fsp3) is 0.957. The maximum Gasteiger partial charge on any atom is 0.132 e. The third-order valence-corrected chi connectivity index (χ3v) is 5.12. The molecule has 0 spiro atoms. The summed E-state index contributed by atoms with van der Waals surface area (Å²) in [6.07, 6.45) is 25.8. The van der Waals surface area contributed by atoms with E-state index in [1.807, 2.05) is 0 Å². The Morgan fingerprint density at radius 2 is 0.680 bits per heavy atom. The van der Waals surface area contributed by atoms with Crippen LogP contribution in [0.5, 0.6) is 0 Å². The number of ketones is 1. The average molecular weight is 362 g/mol. The van der Waals surface area contributed by atoms with Crippen molar-refractivity contribution >= 4 is 35.3 Å². The minimum Gasteiger partial charge on any atom is -0.300 e. The summed E-state index contributed by atoms with van der Waals surface area (Å²) in [6.45, 7) is 4.54. The molecule has 0 saturated carbocycles. The molecule has 0 aliphatic heterocycles. The van der Waals surface area contributed by atoms with Crippen LogP contribution in [0.4, 0.5) is 0 Å². The van der Waals surface area contributed by atoms with E-state index in [1.54, 1.807) is 0 Å². The number of hydrogen-bond acceptors (Lipinski definition) is 1. The van der Waals surface area contributed by atoms with E-state index in [9.17, 15) is 4.79 Å².